The first-order chi connectivity index (χ1) is 13.7. The van der Waals surface area contributed by atoms with Gasteiger partial charge in [-0.2, -0.15) is 0 Å². The van der Waals surface area contributed by atoms with Crippen LogP contribution in [-0.4, -0.2) is 13.4 Å². The summed E-state index contributed by atoms with van der Waals surface area (Å²) in [4.78, 5) is 4.19. The summed E-state index contributed by atoms with van der Waals surface area (Å²) < 4.78 is 25.5. The van der Waals surface area contributed by atoms with Crippen molar-refractivity contribution in [1.82, 2.24) is 4.98 Å². The average molecular weight is 407 g/mol. The van der Waals surface area contributed by atoms with E-state index >= 15 is 0 Å². The second-order valence-electron chi connectivity index (χ2n) is 8.53. The van der Waals surface area contributed by atoms with Crippen LogP contribution in [0.5, 0.6) is 0 Å². The van der Waals surface area contributed by atoms with Crippen LogP contribution < -0.4 is 5.32 Å². The van der Waals surface area contributed by atoms with Crippen LogP contribution in [0.3, 0.4) is 0 Å². The van der Waals surface area contributed by atoms with Gasteiger partial charge in [0.2, 0.25) is 0 Å². The summed E-state index contributed by atoms with van der Waals surface area (Å²) in [5.74, 6) is -0.0293. The van der Waals surface area contributed by atoms with E-state index in [2.05, 4.69) is 55.3 Å². The highest BCUT2D eigenvalue weighted by Crippen LogP contribution is 2.44. The van der Waals surface area contributed by atoms with Gasteiger partial charge in [0, 0.05) is 18.1 Å². The number of hydrogen-bond donors (Lipinski definition) is 1. The van der Waals surface area contributed by atoms with E-state index in [1.54, 1.807) is 18.3 Å². The molecule has 0 fully saturated rings. The molecule has 3 aromatic rings. The zero-order valence-corrected chi connectivity index (χ0v) is 17.8. The third-order valence-electron chi connectivity index (χ3n) is 5.65. The summed E-state index contributed by atoms with van der Waals surface area (Å²) in [6, 6.07) is 17.8. The largest absolute Gasteiger partial charge is 0.378 e. The van der Waals surface area contributed by atoms with Gasteiger partial charge >= 0.3 is 0 Å². The molecule has 0 saturated carbocycles. The molecule has 4 nitrogen and oxygen atoms in total. The molecule has 1 atom stereocenters. The Hall–Kier alpha value is -2.66. The van der Waals surface area contributed by atoms with Crippen molar-refractivity contribution in [3.8, 4) is 0 Å². The minimum Gasteiger partial charge on any atom is -0.378 e. The zero-order valence-electron chi connectivity index (χ0n) is 17.0. The molecule has 1 aromatic heterocycles. The number of benzene rings is 2. The smallest absolute Gasteiger partial charge is 0.184 e. The molecule has 0 spiro atoms. The van der Waals surface area contributed by atoms with Crippen molar-refractivity contribution in [3.63, 3.8) is 0 Å². The van der Waals surface area contributed by atoms with E-state index in [9.17, 15) is 8.42 Å². The Balaban J connectivity index is 1.62. The standard InChI is InChI=1S/C24H26N2O2S/c1-17-9-10-22-21(12-17)24(2,3)14-23(26-22)19-7-4-6-18(13-19)16-29(27,28)20-8-5-11-25-15-20/h4-13,15,23,26H,14,16H2,1-3H3. The van der Waals surface area contributed by atoms with E-state index < -0.39 is 9.84 Å². The zero-order chi connectivity index (χ0) is 20.6. The number of sulfone groups is 1. The highest BCUT2D eigenvalue weighted by Gasteiger charge is 2.33. The molecule has 0 radical (unpaired) electrons. The van der Waals surface area contributed by atoms with Crippen molar-refractivity contribution in [2.75, 3.05) is 5.32 Å². The molecular formula is C24H26N2O2S. The van der Waals surface area contributed by atoms with Gasteiger partial charge in [0.25, 0.3) is 0 Å². The van der Waals surface area contributed by atoms with E-state index in [4.69, 9.17) is 0 Å². The molecule has 150 valence electrons. The Morgan fingerprint density at radius 3 is 2.69 bits per heavy atom. The molecule has 2 aromatic carbocycles. The van der Waals surface area contributed by atoms with Crippen LogP contribution in [0.25, 0.3) is 0 Å². The third kappa shape index (κ3) is 4.06. The number of aromatic nitrogens is 1. The molecule has 0 amide bonds. The molecule has 0 aliphatic carbocycles. The van der Waals surface area contributed by atoms with Gasteiger partial charge in [0.1, 0.15) is 0 Å². The summed E-state index contributed by atoms with van der Waals surface area (Å²) >= 11 is 0. The Morgan fingerprint density at radius 2 is 1.93 bits per heavy atom. The molecule has 1 aliphatic heterocycles. The second-order valence-corrected chi connectivity index (χ2v) is 10.5. The lowest BCUT2D eigenvalue weighted by Crippen LogP contribution is -2.31. The van der Waals surface area contributed by atoms with Gasteiger partial charge in [-0.3, -0.25) is 4.98 Å². The first-order valence-corrected chi connectivity index (χ1v) is 11.5. The van der Waals surface area contributed by atoms with Gasteiger partial charge in [0.05, 0.1) is 16.7 Å². The normalized spacial score (nSPS) is 18.0. The number of hydrogen-bond acceptors (Lipinski definition) is 4. The Bertz CT molecular complexity index is 1140. The van der Waals surface area contributed by atoms with Gasteiger partial charge in [0.15, 0.2) is 9.84 Å². The predicted octanol–water partition coefficient (Wildman–Crippen LogP) is 5.20. The van der Waals surface area contributed by atoms with E-state index in [-0.39, 0.29) is 22.1 Å². The van der Waals surface area contributed by atoms with Crippen LogP contribution in [0.2, 0.25) is 0 Å². The molecule has 0 saturated heterocycles. The number of aryl methyl sites for hydroxylation is 1. The predicted molar refractivity (Wildman–Crippen MR) is 117 cm³/mol. The molecule has 0 bridgehead atoms. The molecule has 2 heterocycles. The SMILES string of the molecule is Cc1ccc2c(c1)C(C)(C)CC(c1cccc(CS(=O)(=O)c3cccnc3)c1)N2. The average Bonchev–Trinajstić information content (AvgIpc) is 2.69. The number of pyridine rings is 1. The number of fused-ring (bicyclic) bond motifs is 1. The number of anilines is 1. The lowest BCUT2D eigenvalue weighted by Gasteiger charge is -2.39. The summed E-state index contributed by atoms with van der Waals surface area (Å²) in [5.41, 5.74) is 5.70. The van der Waals surface area contributed by atoms with Gasteiger partial charge in [-0.25, -0.2) is 8.42 Å². The molecular weight excluding hydrogens is 380 g/mol. The van der Waals surface area contributed by atoms with Crippen LogP contribution in [0.1, 0.15) is 48.6 Å². The number of rotatable bonds is 4. The Kier molecular flexibility index (Phi) is 4.95. The lowest BCUT2D eigenvalue weighted by atomic mass is 9.73. The van der Waals surface area contributed by atoms with Crippen LogP contribution in [-0.2, 0) is 21.0 Å². The van der Waals surface area contributed by atoms with E-state index in [0.717, 1.165) is 23.2 Å². The topological polar surface area (TPSA) is 59.1 Å². The summed E-state index contributed by atoms with van der Waals surface area (Å²) in [5, 5.41) is 3.66. The van der Waals surface area contributed by atoms with E-state index in [1.807, 2.05) is 18.2 Å². The van der Waals surface area contributed by atoms with Crippen LogP contribution >= 0.6 is 0 Å². The maximum Gasteiger partial charge on any atom is 0.184 e. The lowest BCUT2D eigenvalue weighted by molar-refractivity contribution is 0.427. The van der Waals surface area contributed by atoms with Gasteiger partial charge in [-0.1, -0.05) is 55.8 Å². The highest BCUT2D eigenvalue weighted by atomic mass is 32.2. The van der Waals surface area contributed by atoms with Crippen LogP contribution in [0, 0.1) is 6.92 Å². The minimum atomic E-state index is -3.42. The first kappa shape index (κ1) is 19.6. The van der Waals surface area contributed by atoms with Crippen molar-refractivity contribution >= 4 is 15.5 Å². The van der Waals surface area contributed by atoms with Crippen molar-refractivity contribution in [2.45, 2.75) is 49.3 Å². The maximum absolute atomic E-state index is 12.7. The molecule has 29 heavy (non-hydrogen) atoms. The Labute approximate surface area is 172 Å². The third-order valence-corrected chi connectivity index (χ3v) is 7.33. The molecule has 1 unspecified atom stereocenters. The quantitative estimate of drug-likeness (QED) is 0.647. The fraction of sp³-hybridized carbons (Fsp3) is 0.292. The summed E-state index contributed by atoms with van der Waals surface area (Å²) in [7, 11) is -3.42. The monoisotopic (exact) mass is 406 g/mol. The summed E-state index contributed by atoms with van der Waals surface area (Å²) in [6.07, 6.45) is 3.93. The number of nitrogens with one attached hydrogen (secondary N) is 1. The molecule has 1 N–H and O–H groups in total. The maximum atomic E-state index is 12.7. The van der Waals surface area contributed by atoms with Crippen molar-refractivity contribution in [2.24, 2.45) is 0 Å². The van der Waals surface area contributed by atoms with Crippen LogP contribution in [0.15, 0.2) is 71.9 Å². The van der Waals surface area contributed by atoms with Crippen molar-refractivity contribution < 1.29 is 8.42 Å². The number of nitrogens with zero attached hydrogens (tertiary/aromatic N) is 1. The fourth-order valence-corrected chi connectivity index (χ4v) is 5.43. The van der Waals surface area contributed by atoms with Crippen molar-refractivity contribution in [1.29, 1.82) is 0 Å². The summed E-state index contributed by atoms with van der Waals surface area (Å²) in [6.45, 7) is 6.67. The Morgan fingerprint density at radius 1 is 1.10 bits per heavy atom. The van der Waals surface area contributed by atoms with Crippen molar-refractivity contribution in [3.05, 3.63) is 89.2 Å². The van der Waals surface area contributed by atoms with Gasteiger partial charge in [-0.05, 0) is 53.6 Å². The van der Waals surface area contributed by atoms with Gasteiger partial charge in [-0.15, -0.1) is 0 Å². The van der Waals surface area contributed by atoms with E-state index in [1.165, 1.54) is 17.3 Å². The minimum absolute atomic E-state index is 0.0293. The van der Waals surface area contributed by atoms with E-state index in [0.29, 0.717) is 0 Å². The first-order valence-electron chi connectivity index (χ1n) is 9.84. The molecule has 4 rings (SSSR count). The van der Waals surface area contributed by atoms with Gasteiger partial charge < -0.3 is 5.32 Å². The fourth-order valence-electron chi connectivity index (χ4n) is 4.14. The molecule has 1 aliphatic rings. The van der Waals surface area contributed by atoms with Crippen LogP contribution in [0.4, 0.5) is 5.69 Å². The second kappa shape index (κ2) is 7.30. The molecule has 5 heteroatoms. The highest BCUT2D eigenvalue weighted by molar-refractivity contribution is 7.90.